The molecule has 1 heterocycles. The van der Waals surface area contributed by atoms with Crippen molar-refractivity contribution in [2.45, 2.75) is 37.2 Å². The molecule has 252 valence electrons. The number of ether oxygens (including phenoxy) is 2. The normalized spacial score (nSPS) is 13.0. The minimum Gasteiger partial charge on any atom is -0.486 e. The number of anilines is 1. The van der Waals surface area contributed by atoms with Gasteiger partial charge in [0.2, 0.25) is 11.8 Å². The third-order valence-electron chi connectivity index (χ3n) is 7.65. The van der Waals surface area contributed by atoms with E-state index in [4.69, 9.17) is 32.7 Å². The zero-order valence-electron chi connectivity index (χ0n) is 26.1. The van der Waals surface area contributed by atoms with E-state index in [-0.39, 0.29) is 40.9 Å². The molecule has 9 nitrogen and oxygen atoms in total. The van der Waals surface area contributed by atoms with Crippen LogP contribution in [-0.4, -0.2) is 57.5 Å². The van der Waals surface area contributed by atoms with Gasteiger partial charge in [-0.2, -0.15) is 0 Å². The third-order valence-corrected chi connectivity index (χ3v) is 10.2. The first-order valence-corrected chi connectivity index (χ1v) is 17.5. The van der Waals surface area contributed by atoms with E-state index >= 15 is 0 Å². The molecular weight excluding hydrogens is 680 g/mol. The Bertz CT molecular complexity index is 1860. The number of amides is 2. The average Bonchev–Trinajstić information content (AvgIpc) is 3.09. The lowest BCUT2D eigenvalue weighted by atomic mass is 10.0. The van der Waals surface area contributed by atoms with Crippen molar-refractivity contribution in [2.75, 3.05) is 30.6 Å². The van der Waals surface area contributed by atoms with Gasteiger partial charge in [0.1, 0.15) is 31.6 Å². The molecule has 0 fully saturated rings. The molecule has 1 aliphatic heterocycles. The molecule has 0 unspecified atom stereocenters. The van der Waals surface area contributed by atoms with Crippen molar-refractivity contribution in [3.05, 3.63) is 118 Å². The van der Waals surface area contributed by atoms with Crippen LogP contribution in [0.25, 0.3) is 0 Å². The van der Waals surface area contributed by atoms with Gasteiger partial charge in [0.15, 0.2) is 11.5 Å². The molecule has 48 heavy (non-hydrogen) atoms. The lowest BCUT2D eigenvalue weighted by Crippen LogP contribution is -2.53. The summed E-state index contributed by atoms with van der Waals surface area (Å²) in [6.45, 7) is 2.04. The second-order valence-corrected chi connectivity index (χ2v) is 13.7. The van der Waals surface area contributed by atoms with E-state index in [1.165, 1.54) is 35.2 Å². The molecule has 0 aromatic heterocycles. The third kappa shape index (κ3) is 8.39. The predicted octanol–water partition coefficient (Wildman–Crippen LogP) is 6.27. The van der Waals surface area contributed by atoms with Crippen LogP contribution in [0.15, 0.2) is 95.9 Å². The highest BCUT2D eigenvalue weighted by atomic mass is 35.5. The monoisotopic (exact) mass is 713 g/mol. The summed E-state index contributed by atoms with van der Waals surface area (Å²) in [5, 5.41) is 3.46. The van der Waals surface area contributed by atoms with Gasteiger partial charge in [-0.1, -0.05) is 66.5 Å². The zero-order valence-corrected chi connectivity index (χ0v) is 28.4. The van der Waals surface area contributed by atoms with Crippen molar-refractivity contribution < 1.29 is 31.9 Å². The van der Waals surface area contributed by atoms with Crippen molar-refractivity contribution >= 4 is 50.7 Å². The van der Waals surface area contributed by atoms with Gasteiger partial charge in [-0.15, -0.1) is 0 Å². The highest BCUT2D eigenvalue weighted by molar-refractivity contribution is 7.92. The van der Waals surface area contributed by atoms with Crippen LogP contribution in [0.1, 0.15) is 24.5 Å². The number of carbonyl (C=O) groups is 2. The quantitative estimate of drug-likeness (QED) is 0.175. The highest BCUT2D eigenvalue weighted by Gasteiger charge is 2.35. The van der Waals surface area contributed by atoms with Gasteiger partial charge in [0, 0.05) is 25.6 Å². The number of fused-ring (bicyclic) bond motifs is 1. The van der Waals surface area contributed by atoms with E-state index in [0.29, 0.717) is 35.9 Å². The molecule has 0 saturated heterocycles. The molecule has 0 radical (unpaired) electrons. The first-order chi connectivity index (χ1) is 23.1. The van der Waals surface area contributed by atoms with Crippen LogP contribution in [-0.2, 0) is 32.6 Å². The molecule has 0 saturated carbocycles. The summed E-state index contributed by atoms with van der Waals surface area (Å²) in [6, 6.07) is 22.0. The number of carbonyl (C=O) groups excluding carboxylic acids is 2. The van der Waals surface area contributed by atoms with Crippen molar-refractivity contribution in [3.63, 3.8) is 0 Å². The Kier molecular flexibility index (Phi) is 11.5. The van der Waals surface area contributed by atoms with E-state index in [0.717, 1.165) is 22.0 Å². The Balaban J connectivity index is 1.58. The van der Waals surface area contributed by atoms with Gasteiger partial charge in [-0.05, 0) is 66.1 Å². The van der Waals surface area contributed by atoms with Crippen LogP contribution in [0.5, 0.6) is 11.5 Å². The van der Waals surface area contributed by atoms with Crippen LogP contribution >= 0.6 is 23.2 Å². The maximum absolute atomic E-state index is 14.5. The zero-order chi connectivity index (χ0) is 34.3. The number of halogens is 3. The molecule has 4 aromatic rings. The van der Waals surface area contributed by atoms with Gasteiger partial charge in [0.05, 0.1) is 20.6 Å². The smallest absolute Gasteiger partial charge is 0.264 e. The van der Waals surface area contributed by atoms with E-state index in [1.54, 1.807) is 18.2 Å². The predicted molar refractivity (Wildman–Crippen MR) is 183 cm³/mol. The number of nitrogens with zero attached hydrogens (tertiary/aromatic N) is 2. The molecule has 1 N–H and O–H groups in total. The van der Waals surface area contributed by atoms with Gasteiger partial charge < -0.3 is 19.7 Å². The van der Waals surface area contributed by atoms with Gasteiger partial charge >= 0.3 is 0 Å². The minimum atomic E-state index is -4.44. The minimum absolute atomic E-state index is 0.0455. The summed E-state index contributed by atoms with van der Waals surface area (Å²) in [7, 11) is -4.44. The standard InChI is InChI=1S/C35H34Cl2FN3O6S/c1-2-16-39-35(43)31(20-24-6-4-3-5-7-24)40(22-25-8-14-29(36)30(37)19-25)34(42)23-41(27-11-9-26(38)10-12-27)48(44,45)28-13-15-32-33(21-28)47-18-17-46-32/h3-15,19,21,31H,2,16-18,20,22-23H2,1H3,(H,39,43)/t31-/m0/s1. The van der Waals surface area contributed by atoms with E-state index < -0.39 is 40.2 Å². The number of hydrogen-bond donors (Lipinski definition) is 1. The fourth-order valence-corrected chi connectivity index (χ4v) is 6.95. The van der Waals surface area contributed by atoms with E-state index in [9.17, 15) is 22.4 Å². The largest absolute Gasteiger partial charge is 0.486 e. The lowest BCUT2D eigenvalue weighted by Gasteiger charge is -2.34. The van der Waals surface area contributed by atoms with Crippen LogP contribution in [0.3, 0.4) is 0 Å². The topological polar surface area (TPSA) is 105 Å². The molecular formula is C35H34Cl2FN3O6S. The Labute approximate surface area is 289 Å². The molecule has 13 heteroatoms. The van der Waals surface area contributed by atoms with E-state index in [1.807, 2.05) is 37.3 Å². The number of benzene rings is 4. The summed E-state index contributed by atoms with van der Waals surface area (Å²) in [5.74, 6) is -1.04. The summed E-state index contributed by atoms with van der Waals surface area (Å²) in [5.41, 5.74) is 1.41. The Morgan fingerprint density at radius 2 is 1.58 bits per heavy atom. The van der Waals surface area contributed by atoms with Crippen LogP contribution in [0.2, 0.25) is 10.0 Å². The molecule has 5 rings (SSSR count). The maximum atomic E-state index is 14.5. The van der Waals surface area contributed by atoms with Gasteiger partial charge in [0.25, 0.3) is 10.0 Å². The summed E-state index contributed by atoms with van der Waals surface area (Å²) >= 11 is 12.5. The second kappa shape index (κ2) is 15.7. The molecule has 2 amide bonds. The number of sulfonamides is 1. The van der Waals surface area contributed by atoms with Crippen molar-refractivity contribution in [2.24, 2.45) is 0 Å². The molecule has 0 spiro atoms. The molecule has 0 bridgehead atoms. The highest BCUT2D eigenvalue weighted by Crippen LogP contribution is 2.34. The van der Waals surface area contributed by atoms with Crippen LogP contribution in [0, 0.1) is 5.82 Å². The van der Waals surface area contributed by atoms with Crippen LogP contribution in [0.4, 0.5) is 10.1 Å². The van der Waals surface area contributed by atoms with Crippen molar-refractivity contribution in [1.29, 1.82) is 0 Å². The van der Waals surface area contributed by atoms with E-state index in [2.05, 4.69) is 5.32 Å². The number of hydrogen-bond acceptors (Lipinski definition) is 6. The van der Waals surface area contributed by atoms with Crippen LogP contribution < -0.4 is 19.1 Å². The number of nitrogens with one attached hydrogen (secondary N) is 1. The van der Waals surface area contributed by atoms with Crippen molar-refractivity contribution in [1.82, 2.24) is 10.2 Å². The molecule has 1 aliphatic rings. The van der Waals surface area contributed by atoms with Gasteiger partial charge in [-0.3, -0.25) is 13.9 Å². The summed E-state index contributed by atoms with van der Waals surface area (Å²) in [4.78, 5) is 29.5. The Hall–Kier alpha value is -4.32. The Morgan fingerprint density at radius 1 is 0.875 bits per heavy atom. The first kappa shape index (κ1) is 35.0. The van der Waals surface area contributed by atoms with Gasteiger partial charge in [-0.25, -0.2) is 12.8 Å². The second-order valence-electron chi connectivity index (χ2n) is 11.1. The molecule has 1 atom stereocenters. The fraction of sp³-hybridized carbons (Fsp3) is 0.257. The summed E-state index contributed by atoms with van der Waals surface area (Å²) < 4.78 is 54.7. The maximum Gasteiger partial charge on any atom is 0.264 e. The SMILES string of the molecule is CCCNC(=O)[C@H](Cc1ccccc1)N(Cc1ccc(Cl)c(Cl)c1)C(=O)CN(c1ccc(F)cc1)S(=O)(=O)c1ccc2c(c1)OCCO2. The fourth-order valence-electron chi connectivity index (χ4n) is 5.20. The Morgan fingerprint density at radius 3 is 2.27 bits per heavy atom. The lowest BCUT2D eigenvalue weighted by molar-refractivity contribution is -0.140. The summed E-state index contributed by atoms with van der Waals surface area (Å²) in [6.07, 6.45) is 0.811. The average molecular weight is 715 g/mol. The molecule has 4 aromatic carbocycles. The first-order valence-electron chi connectivity index (χ1n) is 15.3. The number of rotatable bonds is 13. The van der Waals surface area contributed by atoms with Crippen molar-refractivity contribution in [3.8, 4) is 11.5 Å². The molecule has 0 aliphatic carbocycles.